The summed E-state index contributed by atoms with van der Waals surface area (Å²) in [7, 11) is 1.61. The first-order valence-electron chi connectivity index (χ1n) is 3.75. The van der Waals surface area contributed by atoms with Gasteiger partial charge in [-0.15, -0.1) is 0 Å². The smallest absolute Gasteiger partial charge is 0.164 e. The van der Waals surface area contributed by atoms with Gasteiger partial charge in [-0.1, -0.05) is 19.1 Å². The lowest BCUT2D eigenvalue weighted by Gasteiger charge is -2.28. The van der Waals surface area contributed by atoms with Crippen molar-refractivity contribution in [3.05, 3.63) is 12.2 Å². The number of methoxy groups -OCH3 is 1. The van der Waals surface area contributed by atoms with Crippen LogP contribution in [0.15, 0.2) is 12.2 Å². The van der Waals surface area contributed by atoms with Gasteiger partial charge in [-0.2, -0.15) is 0 Å². The first-order chi connectivity index (χ1) is 5.27. The van der Waals surface area contributed by atoms with E-state index in [0.29, 0.717) is 0 Å². The lowest BCUT2D eigenvalue weighted by atomic mass is 10.1. The van der Waals surface area contributed by atoms with Gasteiger partial charge >= 0.3 is 0 Å². The normalized spacial score (nSPS) is 37.5. The third-order valence-corrected chi connectivity index (χ3v) is 1.78. The zero-order valence-electron chi connectivity index (χ0n) is 6.86. The van der Waals surface area contributed by atoms with Crippen molar-refractivity contribution in [3.63, 3.8) is 0 Å². The summed E-state index contributed by atoms with van der Waals surface area (Å²) in [5.74, 6) is 0.266. The Morgan fingerprint density at radius 1 is 1.55 bits per heavy atom. The Hall–Kier alpha value is -0.380. The second-order valence-electron chi connectivity index (χ2n) is 2.71. The van der Waals surface area contributed by atoms with E-state index in [1.54, 1.807) is 7.11 Å². The average molecular weight is 158 g/mol. The maximum Gasteiger partial charge on any atom is 0.164 e. The van der Waals surface area contributed by atoms with Crippen LogP contribution in [0.3, 0.4) is 0 Å². The van der Waals surface area contributed by atoms with Crippen LogP contribution in [0.1, 0.15) is 6.92 Å². The summed E-state index contributed by atoms with van der Waals surface area (Å²) in [5.41, 5.74) is 0. The van der Waals surface area contributed by atoms with E-state index in [9.17, 15) is 0 Å². The molecule has 1 aliphatic heterocycles. The zero-order valence-corrected chi connectivity index (χ0v) is 6.86. The summed E-state index contributed by atoms with van der Waals surface area (Å²) in [5, 5.41) is 8.76. The van der Waals surface area contributed by atoms with Crippen molar-refractivity contribution in [3.8, 4) is 0 Å². The van der Waals surface area contributed by atoms with Gasteiger partial charge in [0.15, 0.2) is 6.29 Å². The van der Waals surface area contributed by atoms with E-state index in [2.05, 4.69) is 0 Å². The van der Waals surface area contributed by atoms with Crippen LogP contribution in [0.25, 0.3) is 0 Å². The molecule has 0 unspecified atom stereocenters. The van der Waals surface area contributed by atoms with Crippen LogP contribution in [0, 0.1) is 5.92 Å². The molecule has 0 amide bonds. The summed E-state index contributed by atoms with van der Waals surface area (Å²) in [4.78, 5) is 0. The first-order valence-corrected chi connectivity index (χ1v) is 3.75. The summed E-state index contributed by atoms with van der Waals surface area (Å²) in [6, 6.07) is 0. The zero-order chi connectivity index (χ0) is 8.27. The van der Waals surface area contributed by atoms with Gasteiger partial charge < -0.3 is 14.6 Å². The lowest BCUT2D eigenvalue weighted by molar-refractivity contribution is -0.175. The molecule has 1 N–H and O–H groups in total. The molecule has 0 saturated heterocycles. The molecule has 0 spiro atoms. The van der Waals surface area contributed by atoms with E-state index in [1.807, 2.05) is 19.1 Å². The molecule has 3 nitrogen and oxygen atoms in total. The van der Waals surface area contributed by atoms with E-state index in [-0.39, 0.29) is 24.9 Å². The highest BCUT2D eigenvalue weighted by Crippen LogP contribution is 2.18. The fraction of sp³-hybridized carbons (Fsp3) is 0.750. The standard InChI is InChI=1S/C8H14O3/c1-6-3-4-7(5-9)11-8(6)10-2/h3-4,6-9H,5H2,1-2H3/t6-,7-,8-/m1/s1. The van der Waals surface area contributed by atoms with E-state index in [4.69, 9.17) is 14.6 Å². The minimum Gasteiger partial charge on any atom is -0.393 e. The number of rotatable bonds is 2. The molecule has 0 aromatic rings. The van der Waals surface area contributed by atoms with Crippen LogP contribution in [-0.2, 0) is 9.47 Å². The van der Waals surface area contributed by atoms with Crippen LogP contribution >= 0.6 is 0 Å². The third-order valence-electron chi connectivity index (χ3n) is 1.78. The molecule has 0 aromatic carbocycles. The SMILES string of the molecule is CO[C@@H]1O[C@@H](CO)C=C[C@H]1C. The molecule has 0 aromatic heterocycles. The van der Waals surface area contributed by atoms with Gasteiger partial charge in [0.2, 0.25) is 0 Å². The van der Waals surface area contributed by atoms with Crippen LogP contribution in [0.2, 0.25) is 0 Å². The Morgan fingerprint density at radius 3 is 2.82 bits per heavy atom. The predicted octanol–water partition coefficient (Wildman–Crippen LogP) is 0.542. The van der Waals surface area contributed by atoms with E-state index in [1.165, 1.54) is 0 Å². The predicted molar refractivity (Wildman–Crippen MR) is 41.1 cm³/mol. The fourth-order valence-electron chi connectivity index (χ4n) is 1.11. The van der Waals surface area contributed by atoms with E-state index in [0.717, 1.165) is 0 Å². The largest absolute Gasteiger partial charge is 0.393 e. The van der Waals surface area contributed by atoms with Gasteiger partial charge in [0.1, 0.15) is 6.10 Å². The molecular weight excluding hydrogens is 144 g/mol. The number of hydrogen-bond donors (Lipinski definition) is 1. The molecule has 0 saturated carbocycles. The molecular formula is C8H14O3. The Labute approximate surface area is 66.6 Å². The minimum absolute atomic E-state index is 0.0169. The minimum atomic E-state index is -0.211. The van der Waals surface area contributed by atoms with Gasteiger partial charge in [-0.3, -0.25) is 0 Å². The van der Waals surface area contributed by atoms with Crippen molar-refractivity contribution in [2.75, 3.05) is 13.7 Å². The molecule has 64 valence electrons. The molecule has 3 atom stereocenters. The maximum absolute atomic E-state index is 8.76. The van der Waals surface area contributed by atoms with Crippen molar-refractivity contribution in [2.24, 2.45) is 5.92 Å². The Bertz CT molecular complexity index is 144. The average Bonchev–Trinajstić information content (AvgIpc) is 2.05. The lowest BCUT2D eigenvalue weighted by Crippen LogP contribution is -2.33. The molecule has 0 radical (unpaired) electrons. The Balaban J connectivity index is 2.52. The molecule has 0 bridgehead atoms. The van der Waals surface area contributed by atoms with Crippen molar-refractivity contribution in [1.29, 1.82) is 0 Å². The topological polar surface area (TPSA) is 38.7 Å². The quantitative estimate of drug-likeness (QED) is 0.596. The monoisotopic (exact) mass is 158 g/mol. The Kier molecular flexibility index (Phi) is 3.05. The molecule has 11 heavy (non-hydrogen) atoms. The first kappa shape index (κ1) is 8.71. The number of ether oxygens (including phenoxy) is 2. The van der Waals surface area contributed by atoms with Crippen LogP contribution < -0.4 is 0 Å². The second-order valence-corrected chi connectivity index (χ2v) is 2.71. The Morgan fingerprint density at radius 2 is 2.27 bits per heavy atom. The highest BCUT2D eigenvalue weighted by atomic mass is 16.7. The van der Waals surface area contributed by atoms with Gasteiger partial charge in [0, 0.05) is 13.0 Å². The van der Waals surface area contributed by atoms with Gasteiger partial charge in [0.25, 0.3) is 0 Å². The van der Waals surface area contributed by atoms with Gasteiger partial charge in [-0.05, 0) is 0 Å². The molecule has 1 rings (SSSR count). The van der Waals surface area contributed by atoms with Crippen LogP contribution in [0.4, 0.5) is 0 Å². The summed E-state index contributed by atoms with van der Waals surface area (Å²) >= 11 is 0. The van der Waals surface area contributed by atoms with Crippen molar-refractivity contribution in [1.82, 2.24) is 0 Å². The summed E-state index contributed by atoms with van der Waals surface area (Å²) in [6.45, 7) is 2.03. The third kappa shape index (κ3) is 2.02. The highest BCUT2D eigenvalue weighted by Gasteiger charge is 2.22. The van der Waals surface area contributed by atoms with Crippen LogP contribution in [0.5, 0.6) is 0 Å². The summed E-state index contributed by atoms with van der Waals surface area (Å²) < 4.78 is 10.4. The molecule has 1 heterocycles. The molecule has 0 fully saturated rings. The van der Waals surface area contributed by atoms with E-state index >= 15 is 0 Å². The number of hydrogen-bond acceptors (Lipinski definition) is 3. The van der Waals surface area contributed by atoms with Crippen molar-refractivity contribution >= 4 is 0 Å². The van der Waals surface area contributed by atoms with Crippen molar-refractivity contribution in [2.45, 2.75) is 19.3 Å². The van der Waals surface area contributed by atoms with E-state index < -0.39 is 0 Å². The molecule has 3 heteroatoms. The van der Waals surface area contributed by atoms with Gasteiger partial charge in [-0.25, -0.2) is 0 Å². The molecule has 1 aliphatic rings. The van der Waals surface area contributed by atoms with Crippen molar-refractivity contribution < 1.29 is 14.6 Å². The van der Waals surface area contributed by atoms with Crippen LogP contribution in [-0.4, -0.2) is 31.2 Å². The number of aliphatic hydroxyl groups is 1. The van der Waals surface area contributed by atoms with Gasteiger partial charge in [0.05, 0.1) is 6.61 Å². The second kappa shape index (κ2) is 3.85. The molecule has 0 aliphatic carbocycles. The summed E-state index contributed by atoms with van der Waals surface area (Å²) in [6.07, 6.45) is 3.45. The fourth-order valence-corrected chi connectivity index (χ4v) is 1.11. The maximum atomic E-state index is 8.76. The number of aliphatic hydroxyl groups excluding tert-OH is 1. The highest BCUT2D eigenvalue weighted by molar-refractivity contribution is 4.97.